The van der Waals surface area contributed by atoms with Crippen LogP contribution >= 0.6 is 0 Å². The fourth-order valence-corrected chi connectivity index (χ4v) is 14.3. The molecule has 0 atom stereocenters. The van der Waals surface area contributed by atoms with Gasteiger partial charge in [0.25, 0.3) is 6.33 Å². The van der Waals surface area contributed by atoms with Gasteiger partial charge in [-0.05, 0) is 189 Å². The molecule has 0 amide bonds. The number of nitrogens with zero attached hydrogens (tertiary/aromatic N) is 5. The second-order valence-electron chi connectivity index (χ2n) is 24.8. The van der Waals surface area contributed by atoms with Gasteiger partial charge in [-0.1, -0.05) is 178 Å². The number of pyridine rings is 1. The lowest BCUT2D eigenvalue weighted by Gasteiger charge is -2.23. The molecule has 0 saturated carbocycles. The minimum absolute atomic E-state index is 0.0597. The van der Waals surface area contributed by atoms with Gasteiger partial charge in [-0.2, -0.15) is 0 Å². The first kappa shape index (κ1) is 46.6. The van der Waals surface area contributed by atoms with Gasteiger partial charge in [-0.25, -0.2) is 4.98 Å². The number of para-hydroxylation sites is 4. The number of aromatic nitrogens is 5. The number of hydrogen-bond donors (Lipinski definition) is 0. The molecule has 1 aliphatic heterocycles. The second kappa shape index (κ2) is 20.0. The Morgan fingerprint density at radius 2 is 1.03 bits per heavy atom. The Bertz CT molecular complexity index is 6070. The summed E-state index contributed by atoms with van der Waals surface area (Å²) in [4.78, 5) is 4.96. The average molecular weight is 1180 g/mol. The first-order valence-corrected chi connectivity index (χ1v) is 30.7. The maximum absolute atomic E-state index is 9.05. The molecule has 0 fully saturated rings. The molecule has 432 valence electrons. The van der Waals surface area contributed by atoms with Gasteiger partial charge in [0, 0.05) is 52.8 Å². The maximum atomic E-state index is 9.05. The molecule has 1 aliphatic rings. The third kappa shape index (κ3) is 8.20. The Balaban J connectivity index is 0.945. The van der Waals surface area contributed by atoms with Crippen molar-refractivity contribution in [2.45, 2.75) is 39.9 Å². The highest BCUT2D eigenvalue weighted by Gasteiger charge is 2.30. The Labute approximate surface area is 534 Å². The van der Waals surface area contributed by atoms with Crippen LogP contribution in [0, 0.1) is 20.0 Å². The van der Waals surface area contributed by atoms with E-state index >= 15 is 0 Å². The average Bonchev–Trinajstić information content (AvgIpc) is 1.63. The molecule has 0 N–H and O–H groups in total. The summed E-state index contributed by atoms with van der Waals surface area (Å²) >= 11 is 0. The summed E-state index contributed by atoms with van der Waals surface area (Å²) in [5.41, 5.74) is 18.0. The highest BCUT2D eigenvalue weighted by atomic mass is 16.5. The Hall–Kier alpha value is -11.5. The number of ether oxygens (including phenoxy) is 1. The van der Waals surface area contributed by atoms with E-state index in [9.17, 15) is 0 Å². The van der Waals surface area contributed by atoms with E-state index in [4.69, 9.17) is 22.4 Å². The lowest BCUT2D eigenvalue weighted by molar-refractivity contribution is -0.571. The van der Waals surface area contributed by atoms with Crippen molar-refractivity contribution < 1.29 is 21.9 Å². The molecule has 17 aromatic rings. The molecule has 5 aromatic heterocycles. The largest absolute Gasteiger partial charge is 0.458 e. The predicted molar refractivity (Wildman–Crippen MR) is 373 cm³/mol. The highest BCUT2D eigenvalue weighted by molar-refractivity contribution is 6.12. The van der Waals surface area contributed by atoms with Crippen LogP contribution in [0.15, 0.2) is 271 Å². The Morgan fingerprint density at radius 3 is 1.74 bits per heavy atom. The van der Waals surface area contributed by atoms with Crippen LogP contribution in [0.5, 0.6) is 11.5 Å². The summed E-state index contributed by atoms with van der Waals surface area (Å²) in [6.07, 6.45) is 5.94. The van der Waals surface area contributed by atoms with Crippen LogP contribution in [0.2, 0.25) is 0 Å². The first-order chi connectivity index (χ1) is 47.0. The molecule has 6 heterocycles. The summed E-state index contributed by atoms with van der Waals surface area (Å²) in [6.45, 7) is 1.26. The number of fused-ring (bicyclic) bond motifs is 16. The van der Waals surface area contributed by atoms with Crippen molar-refractivity contribution >= 4 is 76.6 Å². The molecule has 91 heavy (non-hydrogen) atoms. The van der Waals surface area contributed by atoms with E-state index in [1.165, 1.54) is 17.7 Å². The molecule has 7 nitrogen and oxygen atoms in total. The van der Waals surface area contributed by atoms with Crippen LogP contribution in [-0.2, 0) is 5.41 Å². The van der Waals surface area contributed by atoms with Crippen LogP contribution in [0.1, 0.15) is 45.7 Å². The molecule has 12 aromatic carbocycles. The normalized spacial score (nSPS) is 13.5. The second-order valence-corrected chi connectivity index (χ2v) is 24.8. The highest BCUT2D eigenvalue weighted by Crippen LogP contribution is 2.49. The van der Waals surface area contributed by atoms with Gasteiger partial charge in [-0.15, -0.1) is 0 Å². The van der Waals surface area contributed by atoms with Crippen molar-refractivity contribution in [2.24, 2.45) is 0 Å². The van der Waals surface area contributed by atoms with E-state index in [2.05, 4.69) is 203 Å². The van der Waals surface area contributed by atoms with Gasteiger partial charge in [0.15, 0.2) is 0 Å². The number of imidazole rings is 1. The number of aryl methyl sites for hydroxylation is 2. The smallest absolute Gasteiger partial charge is 0.269 e. The number of furan rings is 1. The van der Waals surface area contributed by atoms with Crippen LogP contribution in [0.25, 0.3) is 155 Å². The molecule has 0 bridgehead atoms. The first-order valence-electron chi connectivity index (χ1n) is 33.7. The van der Waals surface area contributed by atoms with Gasteiger partial charge in [0.1, 0.15) is 28.5 Å². The molecular formula is C84H59N5O2. The third-order valence-electron chi connectivity index (χ3n) is 18.5. The van der Waals surface area contributed by atoms with E-state index in [0.717, 1.165) is 138 Å². The number of rotatable bonds is 7. The Morgan fingerprint density at radius 1 is 0.440 bits per heavy atom. The topological polar surface area (TPSA) is 53.9 Å². The quantitative estimate of drug-likeness (QED) is 0.118. The molecular weight excluding hydrogens is 1110 g/mol. The zero-order chi connectivity index (χ0) is 65.8. The van der Waals surface area contributed by atoms with E-state index < -0.39 is 13.7 Å². The summed E-state index contributed by atoms with van der Waals surface area (Å²) < 4.78 is 76.6. The van der Waals surface area contributed by atoms with Gasteiger partial charge in [-0.3, -0.25) is 13.7 Å². The lowest BCUT2D eigenvalue weighted by atomic mass is 9.86. The summed E-state index contributed by atoms with van der Waals surface area (Å²) in [5.74, 6) is 2.06. The van der Waals surface area contributed by atoms with Gasteiger partial charge in [0.2, 0.25) is 0 Å². The van der Waals surface area contributed by atoms with Gasteiger partial charge >= 0.3 is 0 Å². The predicted octanol–water partition coefficient (Wildman–Crippen LogP) is 21.6. The van der Waals surface area contributed by atoms with Gasteiger partial charge in [0.05, 0.1) is 50.2 Å². The molecule has 0 radical (unpaired) electrons. The third-order valence-corrected chi connectivity index (χ3v) is 18.5. The molecule has 0 saturated heterocycles. The van der Waals surface area contributed by atoms with Crippen molar-refractivity contribution in [3.8, 4) is 90.0 Å². The van der Waals surface area contributed by atoms with Crippen molar-refractivity contribution in [2.75, 3.05) is 0 Å². The van der Waals surface area contributed by atoms with E-state index in [-0.39, 0.29) is 22.1 Å². The van der Waals surface area contributed by atoms with Crippen LogP contribution < -0.4 is 9.30 Å². The maximum Gasteiger partial charge on any atom is 0.269 e. The van der Waals surface area contributed by atoms with Crippen molar-refractivity contribution in [1.82, 2.24) is 18.7 Å². The van der Waals surface area contributed by atoms with Crippen molar-refractivity contribution in [1.29, 1.82) is 0 Å². The minimum atomic E-state index is -2.69. The summed E-state index contributed by atoms with van der Waals surface area (Å²) in [7, 11) is 0. The van der Waals surface area contributed by atoms with Crippen molar-refractivity contribution in [3.63, 3.8) is 0 Å². The Kier molecular flexibility index (Phi) is 10.2. The van der Waals surface area contributed by atoms with E-state index in [1.54, 1.807) is 6.07 Å². The lowest BCUT2D eigenvalue weighted by Crippen LogP contribution is -2.33. The molecule has 0 spiro atoms. The molecule has 0 unspecified atom stereocenters. The minimum Gasteiger partial charge on any atom is -0.458 e. The monoisotopic (exact) mass is 1180 g/mol. The van der Waals surface area contributed by atoms with Crippen LogP contribution in [-0.4, -0.2) is 18.7 Å². The fourth-order valence-electron chi connectivity index (χ4n) is 14.3. The number of hydrogen-bond acceptors (Lipinski definition) is 3. The van der Waals surface area contributed by atoms with E-state index in [0.29, 0.717) is 22.7 Å². The van der Waals surface area contributed by atoms with Crippen molar-refractivity contribution in [3.05, 3.63) is 290 Å². The van der Waals surface area contributed by atoms with Gasteiger partial charge < -0.3 is 13.7 Å². The van der Waals surface area contributed by atoms with E-state index in [1.807, 2.05) is 91.1 Å². The zero-order valence-electron chi connectivity index (χ0n) is 56.0. The van der Waals surface area contributed by atoms with Crippen LogP contribution in [0.4, 0.5) is 0 Å². The zero-order valence-corrected chi connectivity index (χ0v) is 50.0. The SMILES string of the molecule is [2H]C([2H])([2H])c1cccc(C([2H])([2H])[2H])c1-c1cc2c(c(-n3c4ccccc4c4ccccc43)c1)-[n+]1[c-]n(-c3cccc(Oc4ccc5c6ccccc6n(-c6cc(C(C)(C)C)ccn6)c5c4)c3)c3cc(-c4ccc5oc6ccccc6c5c4)cc(c31)-c1ccccc1-c1ccccc1-2. The molecule has 0 aliphatic carbocycles. The van der Waals surface area contributed by atoms with Crippen LogP contribution in [0.3, 0.4) is 0 Å². The number of benzene rings is 12. The fraction of sp³-hybridized carbons (Fsp3) is 0.0714. The summed E-state index contributed by atoms with van der Waals surface area (Å²) in [5, 5.41) is 6.22. The molecule has 7 heteroatoms. The molecule has 18 rings (SSSR count). The standard InChI is InChI=1S/C84H59N5O2/c1-51-20-18-21-52(2)81(51)55-44-71-63-27-9-7-25-61(63)60-24-6-8-26-62(60)70-43-54(53-36-39-79-69(42-53)68-31-13-17-35-78(68)91-79)45-76-82(70)87(83(71)77(46-55)88-72-32-14-10-28-64(72)65-29-11-15-33-73(65)88)50-86(76)57-22-19-23-58(48-57)90-59-37-38-67-66-30-12-16-34-74(66)89(75(67)49-59)80-47-56(40-41-85-80)84(3,4)5/h6-49H,1-5H3/i1D3,2D3. The summed E-state index contributed by atoms with van der Waals surface area (Å²) in [6, 6.07) is 88.2.